The first-order valence-corrected chi connectivity index (χ1v) is 8.15. The number of hydrogen-bond acceptors (Lipinski definition) is 3. The van der Waals surface area contributed by atoms with Crippen molar-refractivity contribution in [1.82, 2.24) is 4.90 Å². The first kappa shape index (κ1) is 17.3. The van der Waals surface area contributed by atoms with Gasteiger partial charge in [-0.2, -0.15) is 0 Å². The molecule has 1 heterocycles. The van der Waals surface area contributed by atoms with Crippen molar-refractivity contribution >= 4 is 11.8 Å². The highest BCUT2D eigenvalue weighted by molar-refractivity contribution is 5.98. The topological polar surface area (TPSA) is 41.9 Å². The Bertz CT molecular complexity index is 597. The summed E-state index contributed by atoms with van der Waals surface area (Å²) < 4.78 is 5.72. The predicted octanol–water partition coefficient (Wildman–Crippen LogP) is 3.75. The molecule has 1 aliphatic rings. The van der Waals surface area contributed by atoms with Gasteiger partial charge in [-0.1, -0.05) is 36.4 Å². The van der Waals surface area contributed by atoms with Crippen LogP contribution in [0.1, 0.15) is 45.7 Å². The quantitative estimate of drug-likeness (QED) is 0.777. The van der Waals surface area contributed by atoms with Crippen LogP contribution in [0.15, 0.2) is 48.0 Å². The SMILES string of the molecule is C=CC[C@@]1(C)N=C(OCC)[C@@H](C)N([C@H](C)c2ccccc2)C1=O. The van der Waals surface area contributed by atoms with Gasteiger partial charge in [0.25, 0.3) is 5.91 Å². The van der Waals surface area contributed by atoms with E-state index < -0.39 is 5.54 Å². The molecule has 0 bridgehead atoms. The minimum absolute atomic E-state index is 0.0182. The summed E-state index contributed by atoms with van der Waals surface area (Å²) in [6, 6.07) is 9.82. The molecular formula is C19H26N2O2. The molecule has 0 N–H and O–H groups in total. The fourth-order valence-corrected chi connectivity index (χ4v) is 3.08. The van der Waals surface area contributed by atoms with Gasteiger partial charge in [-0.15, -0.1) is 6.58 Å². The molecule has 1 amide bonds. The van der Waals surface area contributed by atoms with Crippen molar-refractivity contribution in [3.8, 4) is 0 Å². The molecule has 0 spiro atoms. The summed E-state index contributed by atoms with van der Waals surface area (Å²) in [5.41, 5.74) is 0.258. The zero-order valence-corrected chi connectivity index (χ0v) is 14.5. The summed E-state index contributed by atoms with van der Waals surface area (Å²) in [6.07, 6.45) is 2.24. The van der Waals surface area contributed by atoms with Crippen molar-refractivity contribution in [3.05, 3.63) is 48.6 Å². The molecule has 4 nitrogen and oxygen atoms in total. The summed E-state index contributed by atoms with van der Waals surface area (Å²) in [5, 5.41) is 0. The minimum Gasteiger partial charge on any atom is -0.480 e. The summed E-state index contributed by atoms with van der Waals surface area (Å²) in [4.78, 5) is 19.6. The molecule has 1 aromatic rings. The van der Waals surface area contributed by atoms with E-state index in [1.54, 1.807) is 6.08 Å². The van der Waals surface area contributed by atoms with Gasteiger partial charge in [0.1, 0.15) is 11.6 Å². The highest BCUT2D eigenvalue weighted by Crippen LogP contribution is 2.33. The summed E-state index contributed by atoms with van der Waals surface area (Å²) in [6.45, 7) is 12.1. The molecule has 3 atom stereocenters. The van der Waals surface area contributed by atoms with Crippen molar-refractivity contribution in [2.24, 2.45) is 4.99 Å². The van der Waals surface area contributed by atoms with Crippen molar-refractivity contribution in [2.45, 2.75) is 51.7 Å². The smallest absolute Gasteiger partial charge is 0.251 e. The second-order valence-electron chi connectivity index (χ2n) is 6.12. The Kier molecular flexibility index (Phi) is 5.24. The predicted molar refractivity (Wildman–Crippen MR) is 93.4 cm³/mol. The number of benzene rings is 1. The lowest BCUT2D eigenvalue weighted by molar-refractivity contribution is -0.141. The van der Waals surface area contributed by atoms with Crippen LogP contribution in [0.25, 0.3) is 0 Å². The zero-order chi connectivity index (χ0) is 17.0. The molecule has 0 unspecified atom stereocenters. The van der Waals surface area contributed by atoms with Crippen molar-refractivity contribution in [3.63, 3.8) is 0 Å². The normalized spacial score (nSPS) is 25.7. The zero-order valence-electron chi connectivity index (χ0n) is 14.5. The summed E-state index contributed by atoms with van der Waals surface area (Å²) in [5.74, 6) is 0.643. The average molecular weight is 314 g/mol. The second kappa shape index (κ2) is 6.99. The largest absolute Gasteiger partial charge is 0.480 e. The first-order valence-electron chi connectivity index (χ1n) is 8.15. The van der Waals surface area contributed by atoms with Crippen molar-refractivity contribution in [1.29, 1.82) is 0 Å². The van der Waals surface area contributed by atoms with Gasteiger partial charge in [-0.05, 0) is 39.7 Å². The fourth-order valence-electron chi connectivity index (χ4n) is 3.08. The Labute approximate surface area is 138 Å². The third-order valence-electron chi connectivity index (χ3n) is 4.36. The molecule has 23 heavy (non-hydrogen) atoms. The molecule has 0 saturated carbocycles. The number of carbonyl (C=O) groups excluding carboxylic acids is 1. The van der Waals surface area contributed by atoms with E-state index in [9.17, 15) is 4.79 Å². The van der Waals surface area contributed by atoms with Gasteiger partial charge in [0, 0.05) is 0 Å². The molecule has 124 valence electrons. The van der Waals surface area contributed by atoms with Crippen molar-refractivity contribution < 1.29 is 9.53 Å². The number of ether oxygens (including phenoxy) is 1. The van der Waals surface area contributed by atoms with E-state index in [2.05, 4.69) is 11.6 Å². The lowest BCUT2D eigenvalue weighted by Gasteiger charge is -2.43. The maximum atomic E-state index is 13.1. The van der Waals surface area contributed by atoms with Gasteiger partial charge in [0.05, 0.1) is 12.6 Å². The maximum absolute atomic E-state index is 13.1. The lowest BCUT2D eigenvalue weighted by Crippen LogP contribution is -2.57. The van der Waals surface area contributed by atoms with Crippen LogP contribution >= 0.6 is 0 Å². The standard InChI is InChI=1S/C19H26N2O2/c1-6-13-19(5)18(22)21(15(4)17(20-19)23-7-2)14(3)16-11-9-8-10-12-16/h6,8-12,14-15H,1,7,13H2,2-5H3/t14-,15-,19-/m1/s1. The van der Waals surface area contributed by atoms with E-state index in [-0.39, 0.29) is 18.0 Å². The first-order chi connectivity index (χ1) is 10.9. The fraction of sp³-hybridized carbons (Fsp3) is 0.474. The van der Waals surface area contributed by atoms with Crippen molar-refractivity contribution in [2.75, 3.05) is 6.61 Å². The number of rotatable bonds is 5. The molecule has 4 heteroatoms. The van der Waals surface area contributed by atoms with Gasteiger partial charge >= 0.3 is 0 Å². The van der Waals surface area contributed by atoms with Crippen LogP contribution in [-0.2, 0) is 9.53 Å². The van der Waals surface area contributed by atoms with Crippen LogP contribution in [-0.4, -0.2) is 34.9 Å². The summed E-state index contributed by atoms with van der Waals surface area (Å²) in [7, 11) is 0. The molecule has 0 fully saturated rings. The molecule has 1 aliphatic heterocycles. The van der Waals surface area contributed by atoms with Crippen LogP contribution < -0.4 is 0 Å². The summed E-state index contributed by atoms with van der Waals surface area (Å²) >= 11 is 0. The third-order valence-corrected chi connectivity index (χ3v) is 4.36. The van der Waals surface area contributed by atoms with Crippen LogP contribution in [0, 0.1) is 0 Å². The molecule has 2 rings (SSSR count). The number of aliphatic imine (C=N–C) groups is 1. The molecule has 0 aliphatic carbocycles. The molecule has 0 saturated heterocycles. The monoisotopic (exact) mass is 314 g/mol. The van der Waals surface area contributed by atoms with Crippen LogP contribution in [0.5, 0.6) is 0 Å². The van der Waals surface area contributed by atoms with E-state index in [0.717, 1.165) is 5.56 Å². The van der Waals surface area contributed by atoms with Gasteiger partial charge in [0.2, 0.25) is 5.90 Å². The van der Waals surface area contributed by atoms with E-state index in [1.165, 1.54) is 0 Å². The van der Waals surface area contributed by atoms with Gasteiger partial charge in [-0.3, -0.25) is 4.79 Å². The van der Waals surface area contributed by atoms with Gasteiger partial charge < -0.3 is 9.64 Å². The van der Waals surface area contributed by atoms with Crippen LogP contribution in [0.2, 0.25) is 0 Å². The molecule has 0 aromatic heterocycles. The van der Waals surface area contributed by atoms with E-state index in [0.29, 0.717) is 18.9 Å². The number of amides is 1. The van der Waals surface area contributed by atoms with Gasteiger partial charge in [-0.25, -0.2) is 4.99 Å². The molecule has 0 radical (unpaired) electrons. The minimum atomic E-state index is -0.845. The number of hydrogen-bond donors (Lipinski definition) is 0. The Balaban J connectivity index is 2.44. The Morgan fingerprint density at radius 2 is 2.09 bits per heavy atom. The molecule has 1 aromatic carbocycles. The average Bonchev–Trinajstić information content (AvgIpc) is 2.54. The Hall–Kier alpha value is -2.10. The van der Waals surface area contributed by atoms with Crippen LogP contribution in [0.3, 0.4) is 0 Å². The third kappa shape index (κ3) is 3.31. The van der Waals surface area contributed by atoms with E-state index in [4.69, 9.17) is 4.74 Å². The Morgan fingerprint density at radius 3 is 2.65 bits per heavy atom. The highest BCUT2D eigenvalue weighted by Gasteiger charge is 2.45. The Morgan fingerprint density at radius 1 is 1.43 bits per heavy atom. The number of carbonyl (C=O) groups is 1. The molecular weight excluding hydrogens is 288 g/mol. The number of nitrogens with zero attached hydrogens (tertiary/aromatic N) is 2. The van der Waals surface area contributed by atoms with Gasteiger partial charge in [0.15, 0.2) is 0 Å². The lowest BCUT2D eigenvalue weighted by atomic mass is 9.91. The maximum Gasteiger partial charge on any atom is 0.251 e. The second-order valence-corrected chi connectivity index (χ2v) is 6.12. The van der Waals surface area contributed by atoms with E-state index in [1.807, 2.05) is 62.9 Å². The highest BCUT2D eigenvalue weighted by atomic mass is 16.5. The van der Waals surface area contributed by atoms with E-state index >= 15 is 0 Å². The van der Waals surface area contributed by atoms with Crippen LogP contribution in [0.4, 0.5) is 0 Å².